The third-order valence-electron chi connectivity index (χ3n) is 1.11. The van der Waals surface area contributed by atoms with Gasteiger partial charge in [0, 0.05) is 5.38 Å². The van der Waals surface area contributed by atoms with Crippen molar-refractivity contribution in [2.75, 3.05) is 5.32 Å². The molecule has 0 aliphatic heterocycles. The minimum atomic E-state index is -0.907. The van der Waals surface area contributed by atoms with Crippen LogP contribution in [0.25, 0.3) is 0 Å². The summed E-state index contributed by atoms with van der Waals surface area (Å²) in [5, 5.41) is 4.35. The van der Waals surface area contributed by atoms with Crippen LogP contribution in [0.1, 0.15) is 11.3 Å². The number of rotatable bonds is 5. The molecule has 5 nitrogen and oxygen atoms in total. The molecule has 0 aliphatic rings. The van der Waals surface area contributed by atoms with Crippen molar-refractivity contribution in [1.29, 1.82) is 0 Å². The lowest BCUT2D eigenvalue weighted by Crippen LogP contribution is -1.97. The van der Waals surface area contributed by atoms with Gasteiger partial charge in [0.1, 0.15) is 5.69 Å². The summed E-state index contributed by atoms with van der Waals surface area (Å²) in [6.45, 7) is 0.240. The molecule has 0 aliphatic carbocycles. The van der Waals surface area contributed by atoms with Crippen LogP contribution in [0.3, 0.4) is 0 Å². The van der Waals surface area contributed by atoms with E-state index >= 15 is 0 Å². The van der Waals surface area contributed by atoms with Gasteiger partial charge in [-0.3, -0.25) is 9.59 Å². The molecule has 0 saturated heterocycles. The van der Waals surface area contributed by atoms with Crippen LogP contribution in [0.2, 0.25) is 0 Å². The van der Waals surface area contributed by atoms with Crippen molar-refractivity contribution in [3.8, 4) is 0 Å². The Bertz CT molecular complexity index is 304. The zero-order chi connectivity index (χ0) is 9.68. The summed E-state index contributed by atoms with van der Waals surface area (Å²) in [6, 6.07) is 0. The Morgan fingerprint density at radius 3 is 3.08 bits per heavy atom. The van der Waals surface area contributed by atoms with Gasteiger partial charge in [-0.15, -0.1) is 11.3 Å². The SMILES string of the molecule is O=CNc1nc(C(Cl)OC=O)cs1. The molecule has 0 saturated carbocycles. The highest BCUT2D eigenvalue weighted by Crippen LogP contribution is 2.24. The number of alkyl halides is 1. The molecule has 1 amide bonds. The molecule has 1 aromatic heterocycles. The second kappa shape index (κ2) is 4.78. The molecule has 7 heteroatoms. The zero-order valence-corrected chi connectivity index (χ0v) is 7.84. The van der Waals surface area contributed by atoms with Crippen molar-refractivity contribution in [3.05, 3.63) is 11.1 Å². The van der Waals surface area contributed by atoms with Crippen LogP contribution < -0.4 is 5.32 Å². The Kier molecular flexibility index (Phi) is 3.66. The second-order valence-corrected chi connectivity index (χ2v) is 3.14. The van der Waals surface area contributed by atoms with E-state index in [0.29, 0.717) is 17.2 Å². The fraction of sp³-hybridized carbons (Fsp3) is 0.167. The number of ether oxygens (including phenoxy) is 1. The minimum absolute atomic E-state index is 0.240. The first-order valence-corrected chi connectivity index (χ1v) is 4.48. The summed E-state index contributed by atoms with van der Waals surface area (Å²) in [4.78, 5) is 23.8. The first-order chi connectivity index (χ1) is 6.27. The second-order valence-electron chi connectivity index (χ2n) is 1.89. The lowest BCUT2D eigenvalue weighted by molar-refractivity contribution is -0.130. The van der Waals surface area contributed by atoms with E-state index in [1.165, 1.54) is 11.3 Å². The van der Waals surface area contributed by atoms with Gasteiger partial charge >= 0.3 is 0 Å². The maximum Gasteiger partial charge on any atom is 0.294 e. The Morgan fingerprint density at radius 2 is 2.46 bits per heavy atom. The smallest absolute Gasteiger partial charge is 0.294 e. The van der Waals surface area contributed by atoms with Crippen LogP contribution in [0.5, 0.6) is 0 Å². The molecule has 1 unspecified atom stereocenters. The summed E-state index contributed by atoms with van der Waals surface area (Å²) in [6.07, 6.45) is 0.506. The number of nitrogens with zero attached hydrogens (tertiary/aromatic N) is 1. The van der Waals surface area contributed by atoms with E-state index in [2.05, 4.69) is 15.0 Å². The molecule has 0 fully saturated rings. The van der Waals surface area contributed by atoms with Crippen molar-refractivity contribution in [1.82, 2.24) is 4.98 Å². The van der Waals surface area contributed by atoms with Crippen molar-refractivity contribution >= 4 is 41.0 Å². The van der Waals surface area contributed by atoms with E-state index in [0.717, 1.165) is 0 Å². The lowest BCUT2D eigenvalue weighted by Gasteiger charge is -2.01. The van der Waals surface area contributed by atoms with Crippen LogP contribution >= 0.6 is 22.9 Å². The Hall–Kier alpha value is -1.14. The maximum absolute atomic E-state index is 10.0. The summed E-state index contributed by atoms with van der Waals surface area (Å²) < 4.78 is 4.43. The van der Waals surface area contributed by atoms with Gasteiger partial charge in [0.25, 0.3) is 6.47 Å². The summed E-state index contributed by atoms with van der Waals surface area (Å²) in [7, 11) is 0. The molecule has 70 valence electrons. The molecule has 1 aromatic rings. The van der Waals surface area contributed by atoms with Gasteiger partial charge in [0.15, 0.2) is 5.13 Å². The molecule has 13 heavy (non-hydrogen) atoms. The number of amides is 1. The van der Waals surface area contributed by atoms with Crippen LogP contribution in [-0.4, -0.2) is 17.9 Å². The topological polar surface area (TPSA) is 68.3 Å². The van der Waals surface area contributed by atoms with Crippen molar-refractivity contribution in [2.45, 2.75) is 5.56 Å². The molecule has 0 bridgehead atoms. The standard InChI is InChI=1S/C6H5ClN2O3S/c7-5(12-3-11)4-1-13-6(9-4)8-2-10/h1-3,5H,(H,8,9,10). The molecule has 1 atom stereocenters. The molecule has 1 rings (SSSR count). The normalized spacial score (nSPS) is 11.8. The lowest BCUT2D eigenvalue weighted by atomic mass is 10.5. The average Bonchev–Trinajstić information content (AvgIpc) is 2.54. The Labute approximate surface area is 82.7 Å². The van der Waals surface area contributed by atoms with Gasteiger partial charge < -0.3 is 10.1 Å². The number of halogens is 1. The molecule has 0 radical (unpaired) electrons. The van der Waals surface area contributed by atoms with E-state index in [-0.39, 0.29) is 6.47 Å². The molecule has 0 spiro atoms. The number of hydrogen-bond acceptors (Lipinski definition) is 5. The quantitative estimate of drug-likeness (QED) is 0.597. The molecular formula is C6H5ClN2O3S. The van der Waals surface area contributed by atoms with E-state index in [9.17, 15) is 9.59 Å². The number of aromatic nitrogens is 1. The maximum atomic E-state index is 10.0. The molecule has 0 aromatic carbocycles. The zero-order valence-electron chi connectivity index (χ0n) is 6.27. The Balaban J connectivity index is 2.66. The van der Waals surface area contributed by atoms with Gasteiger partial charge in [0.2, 0.25) is 12.0 Å². The largest absolute Gasteiger partial charge is 0.442 e. The number of nitrogens with one attached hydrogen (secondary N) is 1. The number of anilines is 1. The van der Waals surface area contributed by atoms with Crippen LogP contribution in [-0.2, 0) is 14.3 Å². The number of hydrogen-bond donors (Lipinski definition) is 1. The number of carbonyl (C=O) groups excluding carboxylic acids is 2. The van der Waals surface area contributed by atoms with Crippen molar-refractivity contribution < 1.29 is 14.3 Å². The first kappa shape index (κ1) is 9.94. The summed E-state index contributed by atoms with van der Waals surface area (Å²) in [5.74, 6) is 0. The summed E-state index contributed by atoms with van der Waals surface area (Å²) in [5.41, 5.74) is -0.515. The fourth-order valence-corrected chi connectivity index (χ4v) is 1.54. The summed E-state index contributed by atoms with van der Waals surface area (Å²) >= 11 is 6.79. The van der Waals surface area contributed by atoms with Crippen LogP contribution in [0, 0.1) is 0 Å². The van der Waals surface area contributed by atoms with Crippen LogP contribution in [0.4, 0.5) is 5.13 Å². The highest BCUT2D eigenvalue weighted by molar-refractivity contribution is 7.13. The first-order valence-electron chi connectivity index (χ1n) is 3.16. The third-order valence-corrected chi connectivity index (χ3v) is 2.23. The highest BCUT2D eigenvalue weighted by Gasteiger charge is 2.12. The van der Waals surface area contributed by atoms with Crippen LogP contribution in [0.15, 0.2) is 5.38 Å². The van der Waals surface area contributed by atoms with Gasteiger partial charge in [-0.1, -0.05) is 11.6 Å². The van der Waals surface area contributed by atoms with Gasteiger partial charge in [-0.25, -0.2) is 4.98 Å². The predicted octanol–water partition coefficient (Wildman–Crippen LogP) is 1.12. The van der Waals surface area contributed by atoms with Crippen molar-refractivity contribution in [2.24, 2.45) is 0 Å². The number of carbonyl (C=O) groups is 2. The van der Waals surface area contributed by atoms with Gasteiger partial charge in [-0.05, 0) is 0 Å². The van der Waals surface area contributed by atoms with Gasteiger partial charge in [0.05, 0.1) is 0 Å². The number of thiazole rings is 1. The predicted molar refractivity (Wildman–Crippen MR) is 47.5 cm³/mol. The molecule has 1 heterocycles. The third kappa shape index (κ3) is 2.67. The average molecular weight is 221 g/mol. The molecular weight excluding hydrogens is 216 g/mol. The van der Waals surface area contributed by atoms with E-state index < -0.39 is 5.56 Å². The highest BCUT2D eigenvalue weighted by atomic mass is 35.5. The molecule has 1 N–H and O–H groups in total. The Morgan fingerprint density at radius 1 is 1.69 bits per heavy atom. The van der Waals surface area contributed by atoms with Gasteiger partial charge in [-0.2, -0.15) is 0 Å². The fourth-order valence-electron chi connectivity index (χ4n) is 0.626. The van der Waals surface area contributed by atoms with E-state index in [1.807, 2.05) is 0 Å². The monoisotopic (exact) mass is 220 g/mol. The van der Waals surface area contributed by atoms with E-state index in [1.54, 1.807) is 5.38 Å². The van der Waals surface area contributed by atoms with Crippen molar-refractivity contribution in [3.63, 3.8) is 0 Å². The van der Waals surface area contributed by atoms with E-state index in [4.69, 9.17) is 11.6 Å². The minimum Gasteiger partial charge on any atom is -0.442 e.